The molecule has 3 rings (SSSR count). The van der Waals surface area contributed by atoms with Crippen molar-refractivity contribution in [3.05, 3.63) is 75.2 Å². The van der Waals surface area contributed by atoms with Gasteiger partial charge in [-0.1, -0.05) is 41.9 Å². The number of nitrogens with one attached hydrogen (secondary N) is 4. The van der Waals surface area contributed by atoms with Crippen molar-refractivity contribution in [2.75, 3.05) is 6.54 Å². The first-order valence-electron chi connectivity index (χ1n) is 8.10. The molecule has 0 spiro atoms. The van der Waals surface area contributed by atoms with Crippen LogP contribution in [0.3, 0.4) is 0 Å². The van der Waals surface area contributed by atoms with E-state index in [0.29, 0.717) is 22.3 Å². The topological polar surface area (TPSA) is 98.9 Å². The maximum atomic E-state index is 12.3. The fourth-order valence-electron chi connectivity index (χ4n) is 2.48. The number of rotatable bonds is 4. The minimum absolute atomic E-state index is 0.0988. The Morgan fingerprint density at radius 1 is 1.07 bits per heavy atom. The van der Waals surface area contributed by atoms with Crippen molar-refractivity contribution in [1.29, 1.82) is 0 Å². The average Bonchev–Trinajstić information content (AvgIpc) is 2.68. The number of halogens is 1. The van der Waals surface area contributed by atoms with E-state index < -0.39 is 5.91 Å². The van der Waals surface area contributed by atoms with Crippen LogP contribution >= 0.6 is 23.8 Å². The molecule has 0 unspecified atom stereocenters. The van der Waals surface area contributed by atoms with Crippen LogP contribution in [0.5, 0.6) is 0 Å². The monoisotopic (exact) mass is 401 g/mol. The molecule has 4 N–H and O–H groups in total. The molecule has 1 amide bonds. The predicted molar refractivity (Wildman–Crippen MR) is 109 cm³/mol. The zero-order chi connectivity index (χ0) is 19.2. The van der Waals surface area contributed by atoms with E-state index >= 15 is 0 Å². The first-order chi connectivity index (χ1) is 13.0. The zero-order valence-corrected chi connectivity index (χ0v) is 15.7. The molecule has 2 aromatic carbocycles. The second kappa shape index (κ2) is 8.61. The Morgan fingerprint density at radius 2 is 1.78 bits per heavy atom. The number of benzene rings is 2. The molecule has 3 aromatic rings. The van der Waals surface area contributed by atoms with E-state index in [1.807, 2.05) is 24.3 Å². The van der Waals surface area contributed by atoms with Gasteiger partial charge >= 0.3 is 0 Å². The Kier molecular flexibility index (Phi) is 6.00. The van der Waals surface area contributed by atoms with Crippen LogP contribution in [0.4, 0.5) is 0 Å². The summed E-state index contributed by atoms with van der Waals surface area (Å²) in [5.41, 5.74) is 5.96. The highest BCUT2D eigenvalue weighted by atomic mass is 35.5. The van der Waals surface area contributed by atoms with Gasteiger partial charge in [-0.05, 0) is 42.4 Å². The Labute approximate surface area is 165 Å². The predicted octanol–water partition coefficient (Wildman–Crippen LogP) is 1.93. The Hall–Kier alpha value is -2.97. The van der Waals surface area contributed by atoms with Crippen molar-refractivity contribution in [2.45, 2.75) is 6.42 Å². The molecule has 7 nitrogen and oxygen atoms in total. The number of aromatic amines is 1. The molecule has 0 aliphatic rings. The largest absolute Gasteiger partial charge is 0.361 e. The van der Waals surface area contributed by atoms with E-state index in [1.165, 1.54) is 0 Å². The lowest BCUT2D eigenvalue weighted by Crippen LogP contribution is -2.47. The highest BCUT2D eigenvalue weighted by molar-refractivity contribution is 7.80. The molecule has 27 heavy (non-hydrogen) atoms. The molecule has 0 radical (unpaired) electrons. The summed E-state index contributed by atoms with van der Waals surface area (Å²) in [6.45, 7) is 0.586. The number of amides is 1. The van der Waals surface area contributed by atoms with Crippen molar-refractivity contribution >= 4 is 45.6 Å². The Bertz CT molecular complexity index is 1040. The molecule has 0 saturated carbocycles. The number of hydrogen-bond acceptors (Lipinski definition) is 4. The number of carbonyl (C=O) groups is 1. The number of thiocarbonyl (C=S) groups is 1. The highest BCUT2D eigenvalue weighted by Gasteiger charge is 2.13. The number of hydrogen-bond donors (Lipinski definition) is 4. The van der Waals surface area contributed by atoms with Crippen LogP contribution in [0.15, 0.2) is 53.3 Å². The van der Waals surface area contributed by atoms with Crippen LogP contribution in [-0.4, -0.2) is 27.8 Å². The van der Waals surface area contributed by atoms with E-state index in [1.54, 1.807) is 24.3 Å². The minimum atomic E-state index is -0.510. The number of nitrogens with zero attached hydrogens (tertiary/aromatic N) is 1. The second-order valence-electron chi connectivity index (χ2n) is 5.66. The van der Waals surface area contributed by atoms with Crippen molar-refractivity contribution in [1.82, 2.24) is 26.4 Å². The van der Waals surface area contributed by atoms with Gasteiger partial charge in [-0.2, -0.15) is 5.10 Å². The van der Waals surface area contributed by atoms with Crippen LogP contribution in [0.2, 0.25) is 5.02 Å². The van der Waals surface area contributed by atoms with Gasteiger partial charge in [0.1, 0.15) is 0 Å². The smallest absolute Gasteiger partial charge is 0.290 e. The van der Waals surface area contributed by atoms with Crippen LogP contribution in [-0.2, 0) is 6.42 Å². The molecule has 9 heteroatoms. The maximum absolute atomic E-state index is 12.3. The molecule has 0 atom stereocenters. The van der Waals surface area contributed by atoms with E-state index in [-0.39, 0.29) is 16.4 Å². The summed E-state index contributed by atoms with van der Waals surface area (Å²) in [6, 6.07) is 14.3. The van der Waals surface area contributed by atoms with Crippen LogP contribution in [0, 0.1) is 0 Å². The molecule has 0 saturated heterocycles. The molecule has 0 aliphatic carbocycles. The van der Waals surface area contributed by atoms with Crippen LogP contribution in [0.25, 0.3) is 10.8 Å². The molecule has 0 bridgehead atoms. The summed E-state index contributed by atoms with van der Waals surface area (Å²) >= 11 is 11.0. The fourth-order valence-corrected chi connectivity index (χ4v) is 2.76. The van der Waals surface area contributed by atoms with Crippen LogP contribution < -0.4 is 21.7 Å². The second-order valence-corrected chi connectivity index (χ2v) is 6.50. The standard InChI is InChI=1S/C18H16ClN5O2S/c19-12-7-5-11(6-8-12)9-10-20-18(27)24-23-17(26)15-13-3-1-2-4-14(13)16(25)22-21-15/h1-8H,9-10H2,(H,22,25)(H,23,26)(H2,20,24,27). The first-order valence-corrected chi connectivity index (χ1v) is 8.89. The molecule has 138 valence electrons. The van der Waals surface area contributed by atoms with Gasteiger partial charge in [0, 0.05) is 17.0 Å². The SMILES string of the molecule is O=C(NNC(=S)NCCc1ccc(Cl)cc1)c1n[nH]c(=O)c2ccccc12. The van der Waals surface area contributed by atoms with Gasteiger partial charge in [0.2, 0.25) is 0 Å². The minimum Gasteiger partial charge on any atom is -0.361 e. The van der Waals surface area contributed by atoms with Gasteiger partial charge in [0.25, 0.3) is 11.5 Å². The van der Waals surface area contributed by atoms with Gasteiger partial charge in [-0.15, -0.1) is 0 Å². The Morgan fingerprint density at radius 3 is 2.52 bits per heavy atom. The molecule has 1 aromatic heterocycles. The van der Waals surface area contributed by atoms with E-state index in [0.717, 1.165) is 12.0 Å². The zero-order valence-electron chi connectivity index (χ0n) is 14.1. The van der Waals surface area contributed by atoms with Crippen molar-refractivity contribution < 1.29 is 4.79 Å². The van der Waals surface area contributed by atoms with Gasteiger partial charge in [-0.25, -0.2) is 5.10 Å². The summed E-state index contributed by atoms with van der Waals surface area (Å²) < 4.78 is 0. The average molecular weight is 402 g/mol. The van der Waals surface area contributed by atoms with E-state index in [4.69, 9.17) is 23.8 Å². The van der Waals surface area contributed by atoms with Gasteiger partial charge < -0.3 is 5.32 Å². The number of carbonyl (C=O) groups excluding carboxylic acids is 1. The summed E-state index contributed by atoms with van der Waals surface area (Å²) in [4.78, 5) is 24.1. The van der Waals surface area contributed by atoms with Crippen molar-refractivity contribution in [3.63, 3.8) is 0 Å². The van der Waals surface area contributed by atoms with E-state index in [9.17, 15) is 9.59 Å². The van der Waals surface area contributed by atoms with Crippen molar-refractivity contribution in [2.24, 2.45) is 0 Å². The normalized spacial score (nSPS) is 10.4. The quantitative estimate of drug-likeness (QED) is 0.394. The number of H-pyrrole nitrogens is 1. The van der Waals surface area contributed by atoms with Gasteiger partial charge in [0.15, 0.2) is 10.8 Å². The van der Waals surface area contributed by atoms with Gasteiger partial charge in [-0.3, -0.25) is 20.4 Å². The number of aromatic nitrogens is 2. The molecule has 1 heterocycles. The first kappa shape index (κ1) is 18.8. The summed E-state index contributed by atoms with van der Waals surface area (Å²) in [6.07, 6.45) is 0.749. The number of fused-ring (bicyclic) bond motifs is 1. The maximum Gasteiger partial charge on any atom is 0.290 e. The van der Waals surface area contributed by atoms with Crippen molar-refractivity contribution in [3.8, 4) is 0 Å². The van der Waals surface area contributed by atoms with E-state index in [2.05, 4.69) is 26.4 Å². The number of hydrazine groups is 1. The summed E-state index contributed by atoms with van der Waals surface area (Å²) in [5, 5.41) is 10.9. The lowest BCUT2D eigenvalue weighted by atomic mass is 10.1. The Balaban J connectivity index is 1.53. The van der Waals surface area contributed by atoms with Gasteiger partial charge in [0.05, 0.1) is 5.39 Å². The third kappa shape index (κ3) is 4.81. The summed E-state index contributed by atoms with van der Waals surface area (Å²) in [5.74, 6) is -0.510. The molecular weight excluding hydrogens is 386 g/mol. The highest BCUT2D eigenvalue weighted by Crippen LogP contribution is 2.12. The lowest BCUT2D eigenvalue weighted by molar-refractivity contribution is 0.0939. The van der Waals surface area contributed by atoms with Crippen LogP contribution in [0.1, 0.15) is 16.1 Å². The molecular formula is C18H16ClN5O2S. The lowest BCUT2D eigenvalue weighted by Gasteiger charge is -2.12. The fraction of sp³-hybridized carbons (Fsp3) is 0.111. The molecule has 0 aliphatic heterocycles. The summed E-state index contributed by atoms with van der Waals surface area (Å²) in [7, 11) is 0. The third-order valence-electron chi connectivity index (χ3n) is 3.81. The molecule has 0 fully saturated rings. The third-order valence-corrected chi connectivity index (χ3v) is 4.31.